The summed E-state index contributed by atoms with van der Waals surface area (Å²) in [7, 11) is 1.76. The number of hydrogen-bond acceptors (Lipinski definition) is 5. The van der Waals surface area contributed by atoms with Gasteiger partial charge in [0.1, 0.15) is 5.01 Å². The van der Waals surface area contributed by atoms with Gasteiger partial charge in [0.15, 0.2) is 0 Å². The van der Waals surface area contributed by atoms with Crippen molar-refractivity contribution in [2.24, 2.45) is 0 Å². The van der Waals surface area contributed by atoms with Crippen molar-refractivity contribution >= 4 is 38.4 Å². The van der Waals surface area contributed by atoms with E-state index < -0.39 is 0 Å². The van der Waals surface area contributed by atoms with E-state index in [-0.39, 0.29) is 17.9 Å². The van der Waals surface area contributed by atoms with Crippen LogP contribution in [-0.2, 0) is 17.9 Å². The number of hydrogen-bond donors (Lipinski definition) is 0. The van der Waals surface area contributed by atoms with Crippen molar-refractivity contribution in [2.75, 3.05) is 7.05 Å². The molecule has 0 saturated carbocycles. The number of fused-ring (bicyclic) bond motifs is 2. The Morgan fingerprint density at radius 2 is 1.85 bits per heavy atom. The van der Waals surface area contributed by atoms with E-state index in [0.717, 1.165) is 15.2 Å². The number of benzene rings is 2. The van der Waals surface area contributed by atoms with Crippen molar-refractivity contribution in [3.63, 3.8) is 0 Å². The maximum absolute atomic E-state index is 12.5. The average molecular weight is 378 g/mol. The Kier molecular flexibility index (Phi) is 4.68. The lowest BCUT2D eigenvalue weighted by atomic mass is 10.2. The summed E-state index contributed by atoms with van der Waals surface area (Å²) >= 11 is 1.59. The van der Waals surface area contributed by atoms with E-state index in [1.165, 1.54) is 10.9 Å². The third-order valence-corrected chi connectivity index (χ3v) is 5.46. The van der Waals surface area contributed by atoms with E-state index >= 15 is 0 Å². The maximum Gasteiger partial charge on any atom is 0.261 e. The van der Waals surface area contributed by atoms with Crippen molar-refractivity contribution in [1.82, 2.24) is 19.4 Å². The average Bonchev–Trinajstić information content (AvgIpc) is 3.09. The smallest absolute Gasteiger partial charge is 0.261 e. The maximum atomic E-state index is 12.5. The topological polar surface area (TPSA) is 68.1 Å². The number of thiazole rings is 1. The Labute approximate surface area is 159 Å². The largest absolute Gasteiger partial charge is 0.339 e. The predicted molar refractivity (Wildman–Crippen MR) is 107 cm³/mol. The fourth-order valence-electron chi connectivity index (χ4n) is 2.95. The summed E-state index contributed by atoms with van der Waals surface area (Å²) in [5, 5.41) is 1.46. The molecule has 7 heteroatoms. The number of rotatable bonds is 5. The van der Waals surface area contributed by atoms with Crippen LogP contribution in [0.2, 0.25) is 0 Å². The number of aromatic nitrogens is 3. The van der Waals surface area contributed by atoms with Gasteiger partial charge in [0, 0.05) is 20.0 Å². The van der Waals surface area contributed by atoms with Crippen molar-refractivity contribution in [3.05, 3.63) is 70.2 Å². The highest BCUT2D eigenvalue weighted by Crippen LogP contribution is 2.22. The summed E-state index contributed by atoms with van der Waals surface area (Å²) < 4.78 is 2.60. The molecule has 0 aliphatic heterocycles. The van der Waals surface area contributed by atoms with Crippen molar-refractivity contribution in [1.29, 1.82) is 0 Å². The molecule has 1 amide bonds. The van der Waals surface area contributed by atoms with Crippen molar-refractivity contribution in [3.8, 4) is 0 Å². The lowest BCUT2D eigenvalue weighted by molar-refractivity contribution is -0.130. The van der Waals surface area contributed by atoms with Crippen LogP contribution in [0, 0.1) is 0 Å². The number of para-hydroxylation sites is 2. The van der Waals surface area contributed by atoms with E-state index in [2.05, 4.69) is 9.97 Å². The predicted octanol–water partition coefficient (Wildman–Crippen LogP) is 3.05. The third-order valence-electron chi connectivity index (χ3n) is 4.43. The Morgan fingerprint density at radius 1 is 1.11 bits per heavy atom. The van der Waals surface area contributed by atoms with Gasteiger partial charge in [0.05, 0.1) is 34.0 Å². The highest BCUT2D eigenvalue weighted by molar-refractivity contribution is 7.18. The van der Waals surface area contributed by atoms with Gasteiger partial charge in [-0.05, 0) is 24.3 Å². The van der Waals surface area contributed by atoms with E-state index in [0.29, 0.717) is 24.0 Å². The molecule has 0 atom stereocenters. The Bertz CT molecular complexity index is 1150. The lowest BCUT2D eigenvalue weighted by Crippen LogP contribution is -2.29. The third kappa shape index (κ3) is 3.59. The SMILES string of the molecule is CN(Cc1nc2ccccc2s1)C(=O)CCn1cnc2ccccc2c1=O. The zero-order chi connectivity index (χ0) is 18.8. The minimum atomic E-state index is -0.123. The van der Waals surface area contributed by atoms with E-state index in [1.807, 2.05) is 36.4 Å². The van der Waals surface area contributed by atoms with Crippen LogP contribution in [0.3, 0.4) is 0 Å². The first-order valence-corrected chi connectivity index (χ1v) is 9.46. The fraction of sp³-hybridized carbons (Fsp3) is 0.200. The molecule has 0 N–H and O–H groups in total. The Hall–Kier alpha value is -3.06. The molecule has 4 rings (SSSR count). The van der Waals surface area contributed by atoms with Gasteiger partial charge in [-0.15, -0.1) is 11.3 Å². The lowest BCUT2D eigenvalue weighted by Gasteiger charge is -2.16. The molecule has 2 aromatic heterocycles. The number of carbonyl (C=O) groups is 1. The van der Waals surface area contributed by atoms with Gasteiger partial charge in [-0.25, -0.2) is 9.97 Å². The van der Waals surface area contributed by atoms with Gasteiger partial charge in [-0.2, -0.15) is 0 Å². The van der Waals surface area contributed by atoms with Gasteiger partial charge in [-0.1, -0.05) is 24.3 Å². The zero-order valence-corrected chi connectivity index (χ0v) is 15.6. The van der Waals surface area contributed by atoms with Crippen LogP contribution in [0.15, 0.2) is 59.7 Å². The standard InChI is InChI=1S/C20H18N4O2S/c1-23(12-18-22-16-8-4-5-9-17(16)27-18)19(25)10-11-24-13-21-15-7-3-2-6-14(15)20(24)26/h2-9,13H,10-12H2,1H3. The molecule has 0 bridgehead atoms. The number of aryl methyl sites for hydroxylation is 1. The number of nitrogens with zero attached hydrogens (tertiary/aromatic N) is 4. The first kappa shape index (κ1) is 17.4. The normalized spacial score (nSPS) is 11.1. The first-order valence-electron chi connectivity index (χ1n) is 8.64. The summed E-state index contributed by atoms with van der Waals surface area (Å²) in [6.45, 7) is 0.767. The van der Waals surface area contributed by atoms with Crippen LogP contribution >= 0.6 is 11.3 Å². The summed E-state index contributed by atoms with van der Waals surface area (Å²) in [6, 6.07) is 15.1. The Morgan fingerprint density at radius 3 is 2.67 bits per heavy atom. The number of amides is 1. The quantitative estimate of drug-likeness (QED) is 0.535. The fourth-order valence-corrected chi connectivity index (χ4v) is 3.97. The first-order chi connectivity index (χ1) is 13.1. The van der Waals surface area contributed by atoms with Gasteiger partial charge in [0.25, 0.3) is 5.56 Å². The molecule has 6 nitrogen and oxygen atoms in total. The molecule has 136 valence electrons. The summed E-state index contributed by atoms with van der Waals surface area (Å²) in [6.07, 6.45) is 1.74. The second-order valence-electron chi connectivity index (χ2n) is 6.34. The minimum Gasteiger partial charge on any atom is -0.339 e. The number of carbonyl (C=O) groups excluding carboxylic acids is 1. The molecule has 0 fully saturated rings. The van der Waals surface area contributed by atoms with Crippen molar-refractivity contribution < 1.29 is 4.79 Å². The van der Waals surface area contributed by atoms with Crippen LogP contribution in [0.1, 0.15) is 11.4 Å². The minimum absolute atomic E-state index is 0.0330. The van der Waals surface area contributed by atoms with E-state index in [1.54, 1.807) is 35.4 Å². The highest BCUT2D eigenvalue weighted by Gasteiger charge is 2.13. The molecule has 0 saturated heterocycles. The Balaban J connectivity index is 1.43. The van der Waals surface area contributed by atoms with E-state index in [9.17, 15) is 9.59 Å². The molecule has 2 aromatic carbocycles. The second kappa shape index (κ2) is 7.28. The monoisotopic (exact) mass is 378 g/mol. The molecule has 0 aliphatic carbocycles. The van der Waals surface area contributed by atoms with Gasteiger partial charge in [-0.3, -0.25) is 14.2 Å². The molecule has 4 aromatic rings. The molecule has 0 spiro atoms. The molecule has 27 heavy (non-hydrogen) atoms. The highest BCUT2D eigenvalue weighted by atomic mass is 32.1. The van der Waals surface area contributed by atoms with Crippen LogP contribution in [0.25, 0.3) is 21.1 Å². The van der Waals surface area contributed by atoms with Crippen LogP contribution in [0.4, 0.5) is 0 Å². The summed E-state index contributed by atoms with van der Waals surface area (Å²) in [5.74, 6) is -0.0330. The van der Waals surface area contributed by atoms with Gasteiger partial charge < -0.3 is 4.90 Å². The summed E-state index contributed by atoms with van der Waals surface area (Å²) in [5.41, 5.74) is 1.49. The zero-order valence-electron chi connectivity index (χ0n) is 14.8. The van der Waals surface area contributed by atoms with Crippen LogP contribution in [0.5, 0.6) is 0 Å². The van der Waals surface area contributed by atoms with Crippen LogP contribution < -0.4 is 5.56 Å². The molecular weight excluding hydrogens is 360 g/mol. The summed E-state index contributed by atoms with van der Waals surface area (Å²) in [4.78, 5) is 35.5. The van der Waals surface area contributed by atoms with Crippen LogP contribution in [-0.4, -0.2) is 32.4 Å². The van der Waals surface area contributed by atoms with E-state index in [4.69, 9.17) is 0 Å². The van der Waals surface area contributed by atoms with Crippen molar-refractivity contribution in [2.45, 2.75) is 19.5 Å². The molecule has 0 aliphatic rings. The molecule has 2 heterocycles. The molecule has 0 unspecified atom stereocenters. The van der Waals surface area contributed by atoms with Gasteiger partial charge >= 0.3 is 0 Å². The molecule has 0 radical (unpaired) electrons. The molecular formula is C20H18N4O2S. The second-order valence-corrected chi connectivity index (χ2v) is 7.45. The van der Waals surface area contributed by atoms with Gasteiger partial charge in [0.2, 0.25) is 5.91 Å².